The zero-order valence-electron chi connectivity index (χ0n) is 13.8. The largest absolute Gasteiger partial charge is 0.389 e. The third kappa shape index (κ3) is 8.20. The Morgan fingerprint density at radius 1 is 1.25 bits per heavy atom. The van der Waals surface area contributed by atoms with Crippen molar-refractivity contribution < 1.29 is 9.84 Å². The molecule has 1 saturated carbocycles. The molecular formula is C16H34N2O2. The van der Waals surface area contributed by atoms with Gasteiger partial charge in [0.15, 0.2) is 0 Å². The number of rotatable bonds is 9. The van der Waals surface area contributed by atoms with E-state index in [1.807, 2.05) is 0 Å². The van der Waals surface area contributed by atoms with Crippen LogP contribution in [-0.2, 0) is 4.74 Å². The highest BCUT2D eigenvalue weighted by Crippen LogP contribution is 2.20. The van der Waals surface area contributed by atoms with Gasteiger partial charge in [-0.1, -0.05) is 33.1 Å². The van der Waals surface area contributed by atoms with Gasteiger partial charge in [-0.25, -0.2) is 0 Å². The lowest BCUT2D eigenvalue weighted by molar-refractivity contribution is -0.0234. The fourth-order valence-electron chi connectivity index (χ4n) is 3.03. The molecule has 1 fully saturated rings. The maximum atomic E-state index is 9.96. The summed E-state index contributed by atoms with van der Waals surface area (Å²) >= 11 is 0. The molecule has 0 bridgehead atoms. The van der Waals surface area contributed by atoms with Crippen molar-refractivity contribution in [3.05, 3.63) is 0 Å². The summed E-state index contributed by atoms with van der Waals surface area (Å²) in [6.45, 7) is 7.51. The molecule has 1 unspecified atom stereocenters. The van der Waals surface area contributed by atoms with Crippen LogP contribution in [0.5, 0.6) is 0 Å². The Hall–Kier alpha value is -0.160. The van der Waals surface area contributed by atoms with Crippen LogP contribution in [0.4, 0.5) is 0 Å². The van der Waals surface area contributed by atoms with Crippen molar-refractivity contribution in [3.63, 3.8) is 0 Å². The minimum absolute atomic E-state index is 0.216. The van der Waals surface area contributed by atoms with Crippen molar-refractivity contribution in [1.82, 2.24) is 10.2 Å². The van der Waals surface area contributed by atoms with E-state index in [0.29, 0.717) is 19.3 Å². The summed E-state index contributed by atoms with van der Waals surface area (Å²) in [6, 6.07) is 0. The average Bonchev–Trinajstić information content (AvgIpc) is 2.36. The van der Waals surface area contributed by atoms with Crippen LogP contribution < -0.4 is 5.32 Å². The summed E-state index contributed by atoms with van der Waals surface area (Å²) < 4.78 is 5.79. The number of hydrogen-bond donors (Lipinski definition) is 2. The van der Waals surface area contributed by atoms with E-state index in [2.05, 4.69) is 38.2 Å². The first-order valence-corrected chi connectivity index (χ1v) is 8.04. The van der Waals surface area contributed by atoms with Gasteiger partial charge in [-0.2, -0.15) is 0 Å². The van der Waals surface area contributed by atoms with Crippen molar-refractivity contribution in [2.24, 2.45) is 5.41 Å². The Morgan fingerprint density at radius 3 is 2.50 bits per heavy atom. The standard InChI is InChI=1S/C16H34N2O2/c1-16(2,13-18(3)4)12-17-10-14(19)11-20-15-8-6-5-7-9-15/h14-15,17,19H,5-13H2,1-4H3. The molecule has 1 rings (SSSR count). The third-order valence-corrected chi connectivity index (χ3v) is 3.80. The number of nitrogens with one attached hydrogen (secondary N) is 1. The van der Waals surface area contributed by atoms with Crippen LogP contribution in [0.25, 0.3) is 0 Å². The van der Waals surface area contributed by atoms with Crippen LogP contribution in [0.3, 0.4) is 0 Å². The summed E-state index contributed by atoms with van der Waals surface area (Å²) in [4.78, 5) is 2.20. The molecule has 1 aliphatic rings. The molecule has 0 radical (unpaired) electrons. The van der Waals surface area contributed by atoms with E-state index in [-0.39, 0.29) is 5.41 Å². The molecular weight excluding hydrogens is 252 g/mol. The van der Waals surface area contributed by atoms with Gasteiger partial charge in [-0.15, -0.1) is 0 Å². The molecule has 4 nitrogen and oxygen atoms in total. The average molecular weight is 286 g/mol. The van der Waals surface area contributed by atoms with Gasteiger partial charge in [-0.05, 0) is 32.4 Å². The fourth-order valence-corrected chi connectivity index (χ4v) is 3.03. The molecule has 120 valence electrons. The second-order valence-corrected chi connectivity index (χ2v) is 7.28. The highest BCUT2D eigenvalue weighted by Gasteiger charge is 2.19. The van der Waals surface area contributed by atoms with E-state index >= 15 is 0 Å². The molecule has 0 spiro atoms. The predicted octanol–water partition coefficient (Wildman–Crippen LogP) is 1.87. The van der Waals surface area contributed by atoms with Gasteiger partial charge in [0, 0.05) is 19.6 Å². The summed E-state index contributed by atoms with van der Waals surface area (Å²) in [7, 11) is 4.18. The zero-order valence-corrected chi connectivity index (χ0v) is 13.8. The normalized spacial score (nSPS) is 19.5. The lowest BCUT2D eigenvalue weighted by atomic mass is 9.93. The lowest BCUT2D eigenvalue weighted by Crippen LogP contribution is -2.41. The van der Waals surface area contributed by atoms with E-state index < -0.39 is 6.10 Å². The molecule has 1 atom stereocenters. The zero-order chi connectivity index (χ0) is 15.0. The van der Waals surface area contributed by atoms with Crippen LogP contribution in [0.2, 0.25) is 0 Å². The van der Waals surface area contributed by atoms with E-state index in [0.717, 1.165) is 25.9 Å². The molecule has 2 N–H and O–H groups in total. The topological polar surface area (TPSA) is 44.7 Å². The molecule has 0 aromatic carbocycles. The van der Waals surface area contributed by atoms with Gasteiger partial charge < -0.3 is 20.1 Å². The number of aliphatic hydroxyl groups excluding tert-OH is 1. The summed E-state index contributed by atoms with van der Waals surface area (Å²) in [5, 5.41) is 13.3. The Balaban J connectivity index is 2.08. The Morgan fingerprint density at radius 2 is 1.90 bits per heavy atom. The molecule has 1 aliphatic carbocycles. The number of nitrogens with zero attached hydrogens (tertiary/aromatic N) is 1. The van der Waals surface area contributed by atoms with E-state index in [1.165, 1.54) is 19.3 Å². The second-order valence-electron chi connectivity index (χ2n) is 7.28. The van der Waals surface area contributed by atoms with Gasteiger partial charge in [0.2, 0.25) is 0 Å². The van der Waals surface area contributed by atoms with E-state index in [1.54, 1.807) is 0 Å². The molecule has 0 heterocycles. The third-order valence-electron chi connectivity index (χ3n) is 3.80. The molecule has 0 aliphatic heterocycles. The minimum atomic E-state index is -0.396. The maximum absolute atomic E-state index is 9.96. The van der Waals surface area contributed by atoms with Crippen LogP contribution in [-0.4, -0.2) is 62.6 Å². The van der Waals surface area contributed by atoms with Crippen LogP contribution >= 0.6 is 0 Å². The van der Waals surface area contributed by atoms with Crippen molar-refractivity contribution >= 4 is 0 Å². The highest BCUT2D eigenvalue weighted by atomic mass is 16.5. The molecule has 4 heteroatoms. The fraction of sp³-hybridized carbons (Fsp3) is 1.00. The van der Waals surface area contributed by atoms with Crippen molar-refractivity contribution in [2.45, 2.75) is 58.2 Å². The van der Waals surface area contributed by atoms with Crippen molar-refractivity contribution in [3.8, 4) is 0 Å². The van der Waals surface area contributed by atoms with Gasteiger partial charge in [0.1, 0.15) is 0 Å². The Bertz CT molecular complexity index is 251. The maximum Gasteiger partial charge on any atom is 0.0897 e. The summed E-state index contributed by atoms with van der Waals surface area (Å²) in [5.41, 5.74) is 0.216. The molecule has 0 saturated heterocycles. The lowest BCUT2D eigenvalue weighted by Gasteiger charge is -2.29. The summed E-state index contributed by atoms with van der Waals surface area (Å²) in [5.74, 6) is 0. The second kappa shape index (κ2) is 8.98. The first kappa shape index (κ1) is 17.9. The number of aliphatic hydroxyl groups is 1. The van der Waals surface area contributed by atoms with Crippen molar-refractivity contribution in [2.75, 3.05) is 40.3 Å². The van der Waals surface area contributed by atoms with Gasteiger partial charge in [0.05, 0.1) is 18.8 Å². The van der Waals surface area contributed by atoms with Crippen LogP contribution in [0.15, 0.2) is 0 Å². The minimum Gasteiger partial charge on any atom is -0.389 e. The van der Waals surface area contributed by atoms with Gasteiger partial charge >= 0.3 is 0 Å². The Kier molecular flexibility index (Phi) is 8.03. The van der Waals surface area contributed by atoms with Crippen molar-refractivity contribution in [1.29, 1.82) is 0 Å². The number of ether oxygens (including phenoxy) is 1. The van der Waals surface area contributed by atoms with E-state index in [9.17, 15) is 5.11 Å². The van der Waals surface area contributed by atoms with Gasteiger partial charge in [0.25, 0.3) is 0 Å². The quantitative estimate of drug-likeness (QED) is 0.679. The predicted molar refractivity (Wildman–Crippen MR) is 84.0 cm³/mol. The monoisotopic (exact) mass is 286 g/mol. The number of hydrogen-bond acceptors (Lipinski definition) is 4. The summed E-state index contributed by atoms with van der Waals surface area (Å²) in [6.07, 6.45) is 6.20. The van der Waals surface area contributed by atoms with Crippen LogP contribution in [0, 0.1) is 5.41 Å². The highest BCUT2D eigenvalue weighted by molar-refractivity contribution is 4.75. The van der Waals surface area contributed by atoms with E-state index in [4.69, 9.17) is 4.74 Å². The SMILES string of the molecule is CN(C)CC(C)(C)CNCC(O)COC1CCCCC1. The molecule has 20 heavy (non-hydrogen) atoms. The molecule has 0 aromatic rings. The smallest absolute Gasteiger partial charge is 0.0897 e. The molecule has 0 aromatic heterocycles. The first-order valence-electron chi connectivity index (χ1n) is 8.04. The molecule has 0 amide bonds. The van der Waals surface area contributed by atoms with Gasteiger partial charge in [-0.3, -0.25) is 0 Å². The first-order chi connectivity index (χ1) is 9.39. The Labute approximate surface area is 124 Å². The van der Waals surface area contributed by atoms with Crippen LogP contribution in [0.1, 0.15) is 46.0 Å².